The first-order valence-electron chi connectivity index (χ1n) is 7.62. The minimum Gasteiger partial charge on any atom is -0.481 e. The highest BCUT2D eigenvalue weighted by atomic mass is 16.4. The molecular weight excluding hydrogens is 292 g/mol. The maximum atomic E-state index is 12.4. The van der Waals surface area contributed by atoms with Gasteiger partial charge in [0.25, 0.3) is 0 Å². The van der Waals surface area contributed by atoms with E-state index in [2.05, 4.69) is 0 Å². The van der Waals surface area contributed by atoms with Crippen molar-refractivity contribution in [2.45, 2.75) is 25.9 Å². The van der Waals surface area contributed by atoms with Crippen molar-refractivity contribution >= 4 is 11.8 Å². The molecule has 23 heavy (non-hydrogen) atoms. The second-order valence-electron chi connectivity index (χ2n) is 5.52. The molecule has 0 saturated heterocycles. The number of benzene rings is 2. The van der Waals surface area contributed by atoms with Gasteiger partial charge in [0.15, 0.2) is 5.78 Å². The zero-order chi connectivity index (χ0) is 16.8. The van der Waals surface area contributed by atoms with Gasteiger partial charge >= 0.3 is 5.97 Å². The standard InChI is InChI=1S/C19H20O4/c1-2-16(19(22)23)17(20)12-13-7-6-10-15(11-13)18(21)14-8-4-3-5-9-14/h3-11,16-17,20H,2,12H2,1H3,(H,22,23). The van der Waals surface area contributed by atoms with Crippen LogP contribution < -0.4 is 0 Å². The maximum Gasteiger partial charge on any atom is 0.309 e. The Morgan fingerprint density at radius 3 is 2.26 bits per heavy atom. The number of carboxylic acid groups (broad SMARTS) is 1. The van der Waals surface area contributed by atoms with Gasteiger partial charge in [-0.1, -0.05) is 55.5 Å². The molecular formula is C19H20O4. The van der Waals surface area contributed by atoms with Crippen LogP contribution in [0, 0.1) is 5.92 Å². The van der Waals surface area contributed by atoms with Crippen LogP contribution in [-0.4, -0.2) is 28.1 Å². The molecule has 0 heterocycles. The molecule has 0 radical (unpaired) electrons. The number of rotatable bonds is 7. The Morgan fingerprint density at radius 1 is 1.00 bits per heavy atom. The second kappa shape index (κ2) is 7.70. The lowest BCUT2D eigenvalue weighted by Gasteiger charge is -2.17. The number of aliphatic carboxylic acids is 1. The first kappa shape index (κ1) is 16.9. The summed E-state index contributed by atoms with van der Waals surface area (Å²) in [6.07, 6.45) is -0.403. The molecule has 0 aliphatic carbocycles. The fourth-order valence-corrected chi connectivity index (χ4v) is 2.59. The zero-order valence-corrected chi connectivity index (χ0v) is 13.0. The zero-order valence-electron chi connectivity index (χ0n) is 13.0. The van der Waals surface area contributed by atoms with E-state index in [1.165, 1.54) is 0 Å². The van der Waals surface area contributed by atoms with Gasteiger partial charge in [0, 0.05) is 11.1 Å². The lowest BCUT2D eigenvalue weighted by atomic mass is 9.92. The minimum atomic E-state index is -1.00. The molecule has 0 fully saturated rings. The van der Waals surface area contributed by atoms with Crippen molar-refractivity contribution in [1.82, 2.24) is 0 Å². The van der Waals surface area contributed by atoms with Crippen molar-refractivity contribution in [2.75, 3.05) is 0 Å². The fraction of sp³-hybridized carbons (Fsp3) is 0.263. The topological polar surface area (TPSA) is 74.6 Å². The number of carboxylic acids is 1. The molecule has 0 aromatic heterocycles. The average Bonchev–Trinajstić information content (AvgIpc) is 2.55. The van der Waals surface area contributed by atoms with Crippen molar-refractivity contribution in [1.29, 1.82) is 0 Å². The second-order valence-corrected chi connectivity index (χ2v) is 5.52. The van der Waals surface area contributed by atoms with Crippen LogP contribution in [0.4, 0.5) is 0 Å². The van der Waals surface area contributed by atoms with E-state index in [9.17, 15) is 14.7 Å². The van der Waals surface area contributed by atoms with Gasteiger partial charge in [0.05, 0.1) is 12.0 Å². The third-order valence-corrected chi connectivity index (χ3v) is 3.89. The van der Waals surface area contributed by atoms with E-state index in [0.717, 1.165) is 5.56 Å². The largest absolute Gasteiger partial charge is 0.481 e. The number of ketones is 1. The molecule has 2 rings (SSSR count). The maximum absolute atomic E-state index is 12.4. The summed E-state index contributed by atoms with van der Waals surface area (Å²) in [6, 6.07) is 15.9. The molecule has 2 atom stereocenters. The fourth-order valence-electron chi connectivity index (χ4n) is 2.59. The Bertz CT molecular complexity index is 679. The summed E-state index contributed by atoms with van der Waals surface area (Å²) in [5.74, 6) is -1.90. The van der Waals surface area contributed by atoms with E-state index in [4.69, 9.17) is 5.11 Å². The highest BCUT2D eigenvalue weighted by Gasteiger charge is 2.24. The molecule has 4 nitrogen and oxygen atoms in total. The van der Waals surface area contributed by atoms with Crippen LogP contribution in [0.5, 0.6) is 0 Å². The van der Waals surface area contributed by atoms with Gasteiger partial charge in [-0.15, -0.1) is 0 Å². The molecule has 2 N–H and O–H groups in total. The summed E-state index contributed by atoms with van der Waals surface area (Å²) in [7, 11) is 0. The Balaban J connectivity index is 2.17. The van der Waals surface area contributed by atoms with Crippen LogP contribution in [0.25, 0.3) is 0 Å². The number of hydrogen-bond acceptors (Lipinski definition) is 3. The third-order valence-electron chi connectivity index (χ3n) is 3.89. The molecule has 0 aliphatic heterocycles. The number of carbonyl (C=O) groups is 2. The van der Waals surface area contributed by atoms with Gasteiger partial charge < -0.3 is 10.2 Å². The molecule has 0 saturated carbocycles. The van der Waals surface area contributed by atoms with E-state index in [0.29, 0.717) is 17.5 Å². The molecule has 0 spiro atoms. The first-order chi connectivity index (χ1) is 11.0. The summed E-state index contributed by atoms with van der Waals surface area (Å²) in [5, 5.41) is 19.2. The molecule has 120 valence electrons. The Labute approximate surface area is 135 Å². The van der Waals surface area contributed by atoms with Gasteiger partial charge in [-0.25, -0.2) is 0 Å². The SMILES string of the molecule is CCC(C(=O)O)C(O)Cc1cccc(C(=O)c2ccccc2)c1. The lowest BCUT2D eigenvalue weighted by Crippen LogP contribution is -2.29. The molecule has 0 bridgehead atoms. The van der Waals surface area contributed by atoms with Gasteiger partial charge in [-0.05, 0) is 24.5 Å². The van der Waals surface area contributed by atoms with Gasteiger partial charge in [0.1, 0.15) is 0 Å². The summed E-state index contributed by atoms with van der Waals surface area (Å²) < 4.78 is 0. The highest BCUT2D eigenvalue weighted by Crippen LogP contribution is 2.17. The van der Waals surface area contributed by atoms with Crippen molar-refractivity contribution in [3.63, 3.8) is 0 Å². The molecule has 2 aromatic rings. The number of aliphatic hydroxyl groups excluding tert-OH is 1. The molecule has 0 amide bonds. The van der Waals surface area contributed by atoms with Crippen LogP contribution in [0.15, 0.2) is 54.6 Å². The number of aliphatic hydroxyl groups is 1. The van der Waals surface area contributed by atoms with E-state index in [-0.39, 0.29) is 12.2 Å². The first-order valence-corrected chi connectivity index (χ1v) is 7.62. The summed E-state index contributed by atoms with van der Waals surface area (Å²) in [5.41, 5.74) is 1.88. The van der Waals surface area contributed by atoms with Crippen molar-refractivity contribution < 1.29 is 19.8 Å². The third kappa shape index (κ3) is 4.27. The van der Waals surface area contributed by atoms with Crippen LogP contribution in [0.2, 0.25) is 0 Å². The highest BCUT2D eigenvalue weighted by molar-refractivity contribution is 6.09. The summed E-state index contributed by atoms with van der Waals surface area (Å²) >= 11 is 0. The van der Waals surface area contributed by atoms with Crippen molar-refractivity contribution in [3.05, 3.63) is 71.3 Å². The Hall–Kier alpha value is -2.46. The average molecular weight is 312 g/mol. The predicted molar refractivity (Wildman–Crippen MR) is 87.4 cm³/mol. The van der Waals surface area contributed by atoms with Gasteiger partial charge in [-0.3, -0.25) is 9.59 Å². The van der Waals surface area contributed by atoms with Crippen LogP contribution in [0.1, 0.15) is 34.8 Å². The van der Waals surface area contributed by atoms with Crippen molar-refractivity contribution in [2.24, 2.45) is 5.92 Å². The lowest BCUT2D eigenvalue weighted by molar-refractivity contribution is -0.145. The molecule has 4 heteroatoms. The van der Waals surface area contributed by atoms with Crippen LogP contribution in [-0.2, 0) is 11.2 Å². The summed E-state index contributed by atoms with van der Waals surface area (Å²) in [6.45, 7) is 1.73. The quantitative estimate of drug-likeness (QED) is 0.771. The number of hydrogen-bond donors (Lipinski definition) is 2. The molecule has 2 aromatic carbocycles. The van der Waals surface area contributed by atoms with Gasteiger partial charge in [0.2, 0.25) is 0 Å². The van der Waals surface area contributed by atoms with Crippen LogP contribution >= 0.6 is 0 Å². The minimum absolute atomic E-state index is 0.0905. The number of carbonyl (C=O) groups excluding carboxylic acids is 1. The molecule has 2 unspecified atom stereocenters. The normalized spacial score (nSPS) is 13.3. The van der Waals surface area contributed by atoms with E-state index in [1.54, 1.807) is 55.5 Å². The predicted octanol–water partition coefficient (Wildman–Crippen LogP) is 2.93. The van der Waals surface area contributed by atoms with E-state index >= 15 is 0 Å². The Kier molecular flexibility index (Phi) is 5.66. The Morgan fingerprint density at radius 2 is 1.65 bits per heavy atom. The summed E-state index contributed by atoms with van der Waals surface area (Å²) in [4.78, 5) is 23.5. The van der Waals surface area contributed by atoms with Crippen molar-refractivity contribution in [3.8, 4) is 0 Å². The smallest absolute Gasteiger partial charge is 0.309 e. The van der Waals surface area contributed by atoms with E-state index in [1.807, 2.05) is 6.07 Å². The monoisotopic (exact) mass is 312 g/mol. The van der Waals surface area contributed by atoms with Crippen LogP contribution in [0.3, 0.4) is 0 Å². The van der Waals surface area contributed by atoms with Gasteiger partial charge in [-0.2, -0.15) is 0 Å². The molecule has 0 aliphatic rings. The van der Waals surface area contributed by atoms with E-state index < -0.39 is 18.0 Å².